The van der Waals surface area contributed by atoms with Gasteiger partial charge < -0.3 is 10.6 Å². The summed E-state index contributed by atoms with van der Waals surface area (Å²) < 4.78 is 0. The third kappa shape index (κ3) is 3.12. The molecular formula is C15H20N2S. The van der Waals surface area contributed by atoms with E-state index in [4.69, 9.17) is 5.73 Å². The number of nitrogens with zero attached hydrogens (tertiary/aromatic N) is 1. The van der Waals surface area contributed by atoms with Crippen molar-refractivity contribution in [3.63, 3.8) is 0 Å². The molecule has 0 aliphatic carbocycles. The fraction of sp³-hybridized carbons (Fsp3) is 0.333. The Bertz CT molecular complexity index is 477. The van der Waals surface area contributed by atoms with Crippen molar-refractivity contribution in [3.8, 4) is 0 Å². The number of benzene rings is 1. The highest BCUT2D eigenvalue weighted by Crippen LogP contribution is 2.24. The molecule has 0 saturated heterocycles. The van der Waals surface area contributed by atoms with Gasteiger partial charge in [0.1, 0.15) is 0 Å². The molecule has 0 radical (unpaired) electrons. The van der Waals surface area contributed by atoms with Crippen molar-refractivity contribution in [3.05, 3.63) is 52.2 Å². The summed E-state index contributed by atoms with van der Waals surface area (Å²) in [6.45, 7) is 3.05. The number of rotatable bonds is 5. The van der Waals surface area contributed by atoms with Crippen molar-refractivity contribution < 1.29 is 0 Å². The van der Waals surface area contributed by atoms with E-state index >= 15 is 0 Å². The lowest BCUT2D eigenvalue weighted by Gasteiger charge is -2.23. The molecular weight excluding hydrogens is 240 g/mol. The lowest BCUT2D eigenvalue weighted by Crippen LogP contribution is -2.22. The largest absolute Gasteiger partial charge is 0.374 e. The topological polar surface area (TPSA) is 29.3 Å². The van der Waals surface area contributed by atoms with Crippen LogP contribution in [0.25, 0.3) is 0 Å². The summed E-state index contributed by atoms with van der Waals surface area (Å²) in [7, 11) is 2.13. The molecule has 18 heavy (non-hydrogen) atoms. The number of anilines is 1. The summed E-state index contributed by atoms with van der Waals surface area (Å²) in [5.74, 6) is 0. The first kappa shape index (κ1) is 13.1. The van der Waals surface area contributed by atoms with Gasteiger partial charge in [-0.3, -0.25) is 0 Å². The maximum atomic E-state index is 6.02. The Kier molecular flexibility index (Phi) is 4.39. The van der Waals surface area contributed by atoms with Crippen molar-refractivity contribution >= 4 is 17.0 Å². The van der Waals surface area contributed by atoms with Crippen molar-refractivity contribution in [2.24, 2.45) is 5.73 Å². The molecule has 0 amide bonds. The Morgan fingerprint density at radius 3 is 2.67 bits per heavy atom. The summed E-state index contributed by atoms with van der Waals surface area (Å²) in [6, 6.07) is 12.8. The van der Waals surface area contributed by atoms with Crippen LogP contribution in [0.1, 0.15) is 23.4 Å². The Labute approximate surface area is 113 Å². The van der Waals surface area contributed by atoms with E-state index < -0.39 is 0 Å². The highest BCUT2D eigenvalue weighted by molar-refractivity contribution is 7.09. The van der Waals surface area contributed by atoms with Gasteiger partial charge in [-0.1, -0.05) is 24.3 Å². The minimum atomic E-state index is 0.0744. The molecule has 0 saturated carbocycles. The molecule has 1 atom stereocenters. The van der Waals surface area contributed by atoms with E-state index in [1.54, 1.807) is 0 Å². The van der Waals surface area contributed by atoms with Gasteiger partial charge in [0.05, 0.1) is 0 Å². The highest BCUT2D eigenvalue weighted by Gasteiger charge is 2.09. The number of hydrogen-bond acceptors (Lipinski definition) is 3. The standard InChI is InChI=1S/C15H20N2S/c1-12(16)14-7-3-4-8-15(14)17(2)10-9-13-6-5-11-18-13/h3-8,11-12H,9-10,16H2,1-2H3. The zero-order chi connectivity index (χ0) is 13.0. The number of likely N-dealkylation sites (N-methyl/N-ethyl adjacent to an activating group) is 1. The quantitative estimate of drug-likeness (QED) is 0.892. The van der Waals surface area contributed by atoms with Crippen molar-refractivity contribution in [1.82, 2.24) is 0 Å². The second-order valence-corrected chi connectivity index (χ2v) is 5.63. The molecule has 1 aromatic heterocycles. The molecule has 2 nitrogen and oxygen atoms in total. The monoisotopic (exact) mass is 260 g/mol. The summed E-state index contributed by atoms with van der Waals surface area (Å²) in [4.78, 5) is 3.72. The molecule has 1 aromatic carbocycles. The minimum absolute atomic E-state index is 0.0744. The molecule has 0 spiro atoms. The minimum Gasteiger partial charge on any atom is -0.374 e. The second-order valence-electron chi connectivity index (χ2n) is 4.60. The molecule has 0 aliphatic heterocycles. The van der Waals surface area contributed by atoms with Crippen LogP contribution in [-0.4, -0.2) is 13.6 Å². The Morgan fingerprint density at radius 1 is 1.22 bits per heavy atom. The predicted molar refractivity (Wildman–Crippen MR) is 80.3 cm³/mol. The van der Waals surface area contributed by atoms with Crippen LogP contribution in [0.2, 0.25) is 0 Å². The second kappa shape index (κ2) is 6.03. The van der Waals surface area contributed by atoms with E-state index in [2.05, 4.69) is 53.7 Å². The average Bonchev–Trinajstić information content (AvgIpc) is 2.89. The van der Waals surface area contributed by atoms with E-state index in [0.717, 1.165) is 13.0 Å². The molecule has 0 bridgehead atoms. The van der Waals surface area contributed by atoms with E-state index in [9.17, 15) is 0 Å². The molecule has 0 aliphatic rings. The first-order valence-electron chi connectivity index (χ1n) is 6.26. The zero-order valence-electron chi connectivity index (χ0n) is 11.0. The lowest BCUT2D eigenvalue weighted by atomic mass is 10.1. The molecule has 3 heteroatoms. The molecule has 2 aromatic rings. The SMILES string of the molecule is CC(N)c1ccccc1N(C)CCc1cccs1. The first-order valence-corrected chi connectivity index (χ1v) is 7.14. The van der Waals surface area contributed by atoms with Crippen LogP contribution in [0.5, 0.6) is 0 Å². The fourth-order valence-electron chi connectivity index (χ4n) is 2.07. The van der Waals surface area contributed by atoms with Crippen LogP contribution in [0, 0.1) is 0 Å². The maximum Gasteiger partial charge on any atom is 0.0412 e. The van der Waals surface area contributed by atoms with Crippen LogP contribution in [0.4, 0.5) is 5.69 Å². The number of thiophene rings is 1. The smallest absolute Gasteiger partial charge is 0.0412 e. The molecule has 1 heterocycles. The molecule has 0 fully saturated rings. The van der Waals surface area contributed by atoms with Gasteiger partial charge in [-0.2, -0.15) is 0 Å². The zero-order valence-corrected chi connectivity index (χ0v) is 11.8. The fourth-order valence-corrected chi connectivity index (χ4v) is 2.77. The van der Waals surface area contributed by atoms with E-state index in [1.165, 1.54) is 16.1 Å². The van der Waals surface area contributed by atoms with Crippen LogP contribution < -0.4 is 10.6 Å². The van der Waals surface area contributed by atoms with Gasteiger partial charge in [-0.15, -0.1) is 11.3 Å². The van der Waals surface area contributed by atoms with Crippen LogP contribution in [0.15, 0.2) is 41.8 Å². The summed E-state index contributed by atoms with van der Waals surface area (Å²) >= 11 is 1.82. The van der Waals surface area contributed by atoms with Gasteiger partial charge in [0.25, 0.3) is 0 Å². The summed E-state index contributed by atoms with van der Waals surface area (Å²) in [6.07, 6.45) is 1.08. The Morgan fingerprint density at radius 2 is 2.00 bits per heavy atom. The van der Waals surface area contributed by atoms with Gasteiger partial charge in [0.15, 0.2) is 0 Å². The van der Waals surface area contributed by atoms with Gasteiger partial charge in [0, 0.05) is 30.2 Å². The summed E-state index contributed by atoms with van der Waals surface area (Å²) in [5.41, 5.74) is 8.47. The van der Waals surface area contributed by atoms with E-state index in [-0.39, 0.29) is 6.04 Å². The van der Waals surface area contributed by atoms with E-state index in [0.29, 0.717) is 0 Å². The predicted octanol–water partition coefficient (Wildman–Crippen LogP) is 3.45. The third-order valence-corrected chi connectivity index (χ3v) is 4.05. The molecule has 96 valence electrons. The number of para-hydroxylation sites is 1. The van der Waals surface area contributed by atoms with Crippen LogP contribution in [-0.2, 0) is 6.42 Å². The molecule has 2 rings (SSSR count). The lowest BCUT2D eigenvalue weighted by molar-refractivity contribution is 0.798. The summed E-state index contributed by atoms with van der Waals surface area (Å²) in [5, 5.41) is 2.13. The Balaban J connectivity index is 2.06. The maximum absolute atomic E-state index is 6.02. The Hall–Kier alpha value is -1.32. The van der Waals surface area contributed by atoms with Crippen molar-refractivity contribution in [1.29, 1.82) is 0 Å². The van der Waals surface area contributed by atoms with Gasteiger partial charge in [-0.25, -0.2) is 0 Å². The molecule has 2 N–H and O–H groups in total. The van der Waals surface area contributed by atoms with E-state index in [1.807, 2.05) is 18.3 Å². The van der Waals surface area contributed by atoms with Gasteiger partial charge in [0.2, 0.25) is 0 Å². The average molecular weight is 260 g/mol. The number of hydrogen-bond donors (Lipinski definition) is 1. The van der Waals surface area contributed by atoms with Crippen LogP contribution >= 0.6 is 11.3 Å². The highest BCUT2D eigenvalue weighted by atomic mass is 32.1. The van der Waals surface area contributed by atoms with Gasteiger partial charge >= 0.3 is 0 Å². The number of nitrogens with two attached hydrogens (primary N) is 1. The van der Waals surface area contributed by atoms with Crippen molar-refractivity contribution in [2.75, 3.05) is 18.5 Å². The normalized spacial score (nSPS) is 12.4. The van der Waals surface area contributed by atoms with Gasteiger partial charge in [-0.05, 0) is 36.4 Å². The van der Waals surface area contributed by atoms with Crippen LogP contribution in [0.3, 0.4) is 0 Å². The third-order valence-electron chi connectivity index (χ3n) is 3.11. The van der Waals surface area contributed by atoms with Crippen molar-refractivity contribution in [2.45, 2.75) is 19.4 Å². The molecule has 1 unspecified atom stereocenters. The first-order chi connectivity index (χ1) is 8.68.